The van der Waals surface area contributed by atoms with Crippen molar-refractivity contribution in [2.45, 2.75) is 70.1 Å². The molecule has 9 heteroatoms. The van der Waals surface area contributed by atoms with Gasteiger partial charge in [-0.05, 0) is 63.9 Å². The minimum Gasteiger partial charge on any atom is -0.318 e. The van der Waals surface area contributed by atoms with Crippen LogP contribution in [0.15, 0.2) is 24.7 Å². The van der Waals surface area contributed by atoms with Crippen molar-refractivity contribution in [2.24, 2.45) is 5.41 Å². The number of alkyl halides is 1. The molecule has 3 aromatic heterocycles. The van der Waals surface area contributed by atoms with Crippen molar-refractivity contribution in [3.63, 3.8) is 0 Å². The number of carbonyl (C=O) groups is 1. The molecular weight excluding hydrogens is 409 g/mol. The molecule has 3 aliphatic rings. The number of aromatic nitrogens is 5. The molecule has 0 aromatic carbocycles. The number of nitrogens with zero attached hydrogens (tertiary/aromatic N) is 5. The van der Waals surface area contributed by atoms with Gasteiger partial charge in [0.05, 0.1) is 35.8 Å². The first-order valence-corrected chi connectivity index (χ1v) is 11.4. The zero-order valence-corrected chi connectivity index (χ0v) is 18.5. The highest BCUT2D eigenvalue weighted by Gasteiger charge is 2.59. The predicted molar refractivity (Wildman–Crippen MR) is 119 cm³/mol. The first-order valence-electron chi connectivity index (χ1n) is 11.4. The van der Waals surface area contributed by atoms with Crippen LogP contribution >= 0.6 is 0 Å². The highest BCUT2D eigenvalue weighted by Crippen LogP contribution is 2.60. The van der Waals surface area contributed by atoms with Crippen LogP contribution in [-0.4, -0.2) is 53.6 Å². The highest BCUT2D eigenvalue weighted by atomic mass is 19.1. The lowest BCUT2D eigenvalue weighted by Crippen LogP contribution is -2.51. The molecule has 2 amide bonds. The van der Waals surface area contributed by atoms with Crippen molar-refractivity contribution >= 4 is 22.6 Å². The van der Waals surface area contributed by atoms with E-state index in [-0.39, 0.29) is 18.1 Å². The number of halogens is 1. The number of rotatable bonds is 4. The van der Waals surface area contributed by atoms with Crippen molar-refractivity contribution in [1.29, 1.82) is 0 Å². The number of hydrogen-bond donors (Lipinski definition) is 2. The van der Waals surface area contributed by atoms with Gasteiger partial charge in [-0.15, -0.1) is 0 Å². The first kappa shape index (κ1) is 19.7. The molecule has 2 aliphatic carbocycles. The van der Waals surface area contributed by atoms with Crippen molar-refractivity contribution in [3.8, 4) is 11.4 Å². The lowest BCUT2D eigenvalue weighted by atomic mass is 9.89. The standard InChI is InChI=1S/C23H28FN7O/c1-21(2,24)13-31-18-9-16(25-10-15(18)11-27-31)19-17(12-26-29-19)28-20(32)30-14-22(3-4-22)5-6-23(30)7-8-23/h9-12H,3-8,13-14H2,1-2H3,(H,26,29)(H,28,32). The zero-order chi connectivity index (χ0) is 22.1. The van der Waals surface area contributed by atoms with E-state index in [1.54, 1.807) is 23.3 Å². The van der Waals surface area contributed by atoms with E-state index in [2.05, 4.69) is 30.5 Å². The maximum absolute atomic E-state index is 14.2. The molecule has 0 atom stereocenters. The number of urea groups is 1. The number of pyridine rings is 1. The summed E-state index contributed by atoms with van der Waals surface area (Å²) < 4.78 is 15.9. The molecule has 3 aromatic rings. The molecule has 6 rings (SSSR count). The van der Waals surface area contributed by atoms with E-state index in [0.29, 0.717) is 22.5 Å². The molecule has 2 saturated carbocycles. The van der Waals surface area contributed by atoms with Crippen LogP contribution in [0.3, 0.4) is 0 Å². The minimum atomic E-state index is -1.39. The molecule has 2 spiro atoms. The van der Waals surface area contributed by atoms with Crippen LogP contribution in [0.25, 0.3) is 22.3 Å². The number of anilines is 1. The molecule has 0 bridgehead atoms. The Morgan fingerprint density at radius 3 is 2.66 bits per heavy atom. The van der Waals surface area contributed by atoms with Gasteiger partial charge < -0.3 is 10.2 Å². The van der Waals surface area contributed by atoms with E-state index >= 15 is 0 Å². The monoisotopic (exact) mass is 437 g/mol. The molecule has 1 saturated heterocycles. The Morgan fingerprint density at radius 1 is 1.19 bits per heavy atom. The number of hydrogen-bond acceptors (Lipinski definition) is 4. The Labute approximate surface area is 185 Å². The van der Waals surface area contributed by atoms with Gasteiger partial charge in [-0.1, -0.05) is 0 Å². The second kappa shape index (κ2) is 6.52. The molecule has 0 radical (unpaired) electrons. The number of aromatic amines is 1. The van der Waals surface area contributed by atoms with E-state index in [0.717, 1.165) is 36.7 Å². The van der Waals surface area contributed by atoms with Crippen LogP contribution < -0.4 is 5.32 Å². The second-order valence-corrected chi connectivity index (χ2v) is 10.5. The number of nitrogens with one attached hydrogen (secondary N) is 2. The quantitative estimate of drug-likeness (QED) is 0.628. The summed E-state index contributed by atoms with van der Waals surface area (Å²) in [5.74, 6) is 0. The third-order valence-electron chi connectivity index (χ3n) is 7.41. The Hall–Kier alpha value is -2.97. The van der Waals surface area contributed by atoms with Crippen molar-refractivity contribution in [2.75, 3.05) is 11.9 Å². The van der Waals surface area contributed by atoms with Crippen LogP contribution in [0.1, 0.15) is 52.4 Å². The zero-order valence-electron chi connectivity index (χ0n) is 18.5. The van der Waals surface area contributed by atoms with Crippen LogP contribution in [0.5, 0.6) is 0 Å². The molecule has 1 aliphatic heterocycles. The highest BCUT2D eigenvalue weighted by molar-refractivity contribution is 5.94. The molecule has 32 heavy (non-hydrogen) atoms. The molecular formula is C23H28FN7O. The van der Waals surface area contributed by atoms with Gasteiger partial charge in [0, 0.05) is 23.7 Å². The normalized spacial score (nSPS) is 20.8. The van der Waals surface area contributed by atoms with Crippen LogP contribution in [0, 0.1) is 5.41 Å². The number of fused-ring (bicyclic) bond motifs is 1. The molecule has 2 N–H and O–H groups in total. The minimum absolute atomic E-state index is 0.0542. The van der Waals surface area contributed by atoms with Gasteiger partial charge in [-0.3, -0.25) is 14.8 Å². The van der Waals surface area contributed by atoms with Gasteiger partial charge in [0.1, 0.15) is 11.4 Å². The fraction of sp³-hybridized carbons (Fsp3) is 0.565. The summed E-state index contributed by atoms with van der Waals surface area (Å²) >= 11 is 0. The largest absolute Gasteiger partial charge is 0.322 e. The smallest absolute Gasteiger partial charge is 0.318 e. The summed E-state index contributed by atoms with van der Waals surface area (Å²) in [6, 6.07) is 1.81. The van der Waals surface area contributed by atoms with Crippen molar-refractivity contribution in [1.82, 2.24) is 29.9 Å². The van der Waals surface area contributed by atoms with Gasteiger partial charge in [0.2, 0.25) is 0 Å². The summed E-state index contributed by atoms with van der Waals surface area (Å²) in [7, 11) is 0. The van der Waals surface area contributed by atoms with Gasteiger partial charge in [-0.25, -0.2) is 9.18 Å². The number of amides is 2. The van der Waals surface area contributed by atoms with Crippen LogP contribution in [0.2, 0.25) is 0 Å². The molecule has 168 valence electrons. The fourth-order valence-electron chi connectivity index (χ4n) is 5.10. The Kier molecular flexibility index (Phi) is 4.02. The van der Waals surface area contributed by atoms with E-state index in [4.69, 9.17) is 0 Å². The number of likely N-dealkylation sites (tertiary alicyclic amines) is 1. The third kappa shape index (κ3) is 3.34. The first-order chi connectivity index (χ1) is 15.3. The Balaban J connectivity index is 1.27. The summed E-state index contributed by atoms with van der Waals surface area (Å²) in [5, 5.41) is 15.4. The lowest BCUT2D eigenvalue weighted by Gasteiger charge is -2.40. The Bertz CT molecular complexity index is 1200. The van der Waals surface area contributed by atoms with Gasteiger partial charge >= 0.3 is 6.03 Å². The number of carbonyl (C=O) groups excluding carboxylic acids is 1. The SMILES string of the molecule is CC(C)(F)Cn1ncc2cnc(-c3[nH]ncc3NC(=O)N3CC4(CC4)CCC34CC4)cc21. The summed E-state index contributed by atoms with van der Waals surface area (Å²) in [6.45, 7) is 4.06. The second-order valence-electron chi connectivity index (χ2n) is 10.5. The van der Waals surface area contributed by atoms with E-state index < -0.39 is 5.67 Å². The van der Waals surface area contributed by atoms with Crippen molar-refractivity contribution < 1.29 is 9.18 Å². The van der Waals surface area contributed by atoms with E-state index in [1.807, 2.05) is 6.07 Å². The maximum Gasteiger partial charge on any atom is 0.322 e. The van der Waals surface area contributed by atoms with Gasteiger partial charge in [0.25, 0.3) is 0 Å². The van der Waals surface area contributed by atoms with Crippen LogP contribution in [-0.2, 0) is 6.54 Å². The molecule has 0 unspecified atom stereocenters. The Morgan fingerprint density at radius 2 is 1.94 bits per heavy atom. The third-order valence-corrected chi connectivity index (χ3v) is 7.41. The topological polar surface area (TPSA) is 91.7 Å². The van der Waals surface area contributed by atoms with Gasteiger partial charge in [-0.2, -0.15) is 10.2 Å². The molecule has 8 nitrogen and oxygen atoms in total. The lowest BCUT2D eigenvalue weighted by molar-refractivity contribution is 0.112. The molecule has 4 heterocycles. The number of H-pyrrole nitrogens is 1. The predicted octanol–water partition coefficient (Wildman–Crippen LogP) is 4.51. The summed E-state index contributed by atoms with van der Waals surface area (Å²) in [5.41, 5.74) is 1.69. The van der Waals surface area contributed by atoms with Crippen LogP contribution in [0.4, 0.5) is 14.9 Å². The summed E-state index contributed by atoms with van der Waals surface area (Å²) in [6.07, 6.45) is 12.1. The molecule has 3 fully saturated rings. The maximum atomic E-state index is 14.2. The van der Waals surface area contributed by atoms with Crippen molar-refractivity contribution in [3.05, 3.63) is 24.7 Å². The summed E-state index contributed by atoms with van der Waals surface area (Å²) in [4.78, 5) is 19.9. The van der Waals surface area contributed by atoms with E-state index in [1.165, 1.54) is 33.1 Å². The fourth-order valence-corrected chi connectivity index (χ4v) is 5.10. The van der Waals surface area contributed by atoms with E-state index in [9.17, 15) is 9.18 Å². The van der Waals surface area contributed by atoms with Gasteiger partial charge in [0.15, 0.2) is 0 Å². The number of piperidine rings is 1. The average Bonchev–Trinajstić information content (AvgIpc) is 3.60. The average molecular weight is 438 g/mol.